The van der Waals surface area contributed by atoms with Gasteiger partial charge in [0.05, 0.1) is 27.1 Å². The van der Waals surface area contributed by atoms with Crippen molar-refractivity contribution in [1.29, 1.82) is 0 Å². The minimum Gasteiger partial charge on any atom is -0.315 e. The maximum atomic E-state index is 2.79. The molecule has 4 aliphatic rings. The molecule has 0 fully saturated rings. The van der Waals surface area contributed by atoms with Crippen LogP contribution in [0.4, 0.5) is 0 Å². The van der Waals surface area contributed by atoms with Crippen LogP contribution in [-0.2, 0) is 5.41 Å². The standard InChI is InChI=1S/C51H43BN2Si2/c1-28-29(2)53-44-22-21-41-50-46(44)52(45-33-16-10-9-15-30(33)23-36(28)49(45)53)43-27-32(56(6,7)8)25-38-37-24-31(55(3,4)5)26-42(47(37)54(50)48(38)43)51(41)39-19-13-11-17-34(39)35-18-12-14-20-40(35)51/h9-27H,1-8H3. The van der Waals surface area contributed by atoms with Crippen molar-refractivity contribution < 1.29 is 0 Å². The van der Waals surface area contributed by atoms with Gasteiger partial charge in [-0.3, -0.25) is 0 Å². The summed E-state index contributed by atoms with van der Waals surface area (Å²) in [6.07, 6.45) is 0. The van der Waals surface area contributed by atoms with Crippen molar-refractivity contribution in [3.63, 3.8) is 0 Å². The third kappa shape index (κ3) is 3.38. The van der Waals surface area contributed by atoms with Crippen LogP contribution in [0.15, 0.2) is 115 Å². The van der Waals surface area contributed by atoms with E-state index in [0.717, 1.165) is 0 Å². The van der Waals surface area contributed by atoms with Gasteiger partial charge in [0, 0.05) is 44.3 Å². The predicted molar refractivity (Wildman–Crippen MR) is 246 cm³/mol. The van der Waals surface area contributed by atoms with E-state index in [1.165, 1.54) is 116 Å². The SMILES string of the molecule is Cc1c(C)n2c3c(c4ccccc4cc13)B1c3c-2ccc2c3-n3c4c1cc([Si](C)(C)C)cc4c1cc([Si](C)(C)C)cc(c13)C21c2ccccc2-c2ccccc21. The highest BCUT2D eigenvalue weighted by Gasteiger charge is 2.54. The Balaban J connectivity index is 1.36. The Morgan fingerprint density at radius 2 is 1.12 bits per heavy atom. The molecule has 7 aromatic carbocycles. The van der Waals surface area contributed by atoms with Crippen LogP contribution < -0.4 is 26.8 Å². The van der Waals surface area contributed by atoms with E-state index in [2.05, 4.69) is 178 Å². The Morgan fingerprint density at radius 3 is 1.82 bits per heavy atom. The largest absolute Gasteiger partial charge is 0.315 e. The van der Waals surface area contributed by atoms with Crippen molar-refractivity contribution in [3.8, 4) is 22.5 Å². The summed E-state index contributed by atoms with van der Waals surface area (Å²) >= 11 is 0. The van der Waals surface area contributed by atoms with Crippen LogP contribution in [0.25, 0.3) is 66.0 Å². The first kappa shape index (κ1) is 31.8. The second-order valence-corrected chi connectivity index (χ2v) is 29.5. The lowest BCUT2D eigenvalue weighted by atomic mass is 9.33. The van der Waals surface area contributed by atoms with Gasteiger partial charge in [0.25, 0.3) is 6.71 Å². The smallest absolute Gasteiger partial charge is 0.253 e. The highest BCUT2D eigenvalue weighted by Crippen LogP contribution is 2.61. The number of fused-ring (bicyclic) bond motifs is 13. The fraction of sp³-hybridized carbons (Fsp3) is 0.176. The van der Waals surface area contributed by atoms with Crippen LogP contribution in [0.2, 0.25) is 39.3 Å². The van der Waals surface area contributed by atoms with Gasteiger partial charge in [0.1, 0.15) is 0 Å². The van der Waals surface area contributed by atoms with E-state index in [-0.39, 0.29) is 6.71 Å². The van der Waals surface area contributed by atoms with E-state index in [9.17, 15) is 0 Å². The third-order valence-electron chi connectivity index (χ3n) is 14.6. The molecule has 268 valence electrons. The predicted octanol–water partition coefficient (Wildman–Crippen LogP) is 9.41. The van der Waals surface area contributed by atoms with Crippen LogP contribution in [0.5, 0.6) is 0 Å². The Labute approximate surface area is 330 Å². The zero-order chi connectivity index (χ0) is 37.9. The lowest BCUT2D eigenvalue weighted by Gasteiger charge is -2.44. The van der Waals surface area contributed by atoms with Gasteiger partial charge >= 0.3 is 0 Å². The molecule has 5 heteroatoms. The molecule has 0 saturated carbocycles. The Morgan fingerprint density at radius 1 is 0.500 bits per heavy atom. The lowest BCUT2D eigenvalue weighted by Crippen LogP contribution is -2.61. The minimum atomic E-state index is -1.78. The normalized spacial score (nSPS) is 15.2. The highest BCUT2D eigenvalue weighted by molar-refractivity contribution is 7.02. The first-order valence-electron chi connectivity index (χ1n) is 20.5. The van der Waals surface area contributed by atoms with Crippen LogP contribution in [0.1, 0.15) is 33.5 Å². The third-order valence-corrected chi connectivity index (χ3v) is 18.6. The van der Waals surface area contributed by atoms with Gasteiger partial charge in [0.15, 0.2) is 0 Å². The first-order valence-corrected chi connectivity index (χ1v) is 27.5. The summed E-state index contributed by atoms with van der Waals surface area (Å²) < 4.78 is 5.44. The quantitative estimate of drug-likeness (QED) is 0.156. The van der Waals surface area contributed by atoms with Crippen LogP contribution in [0.3, 0.4) is 0 Å². The number of rotatable bonds is 2. The second-order valence-electron chi connectivity index (χ2n) is 19.3. The lowest BCUT2D eigenvalue weighted by molar-refractivity contribution is 0.749. The van der Waals surface area contributed by atoms with Gasteiger partial charge in [-0.05, 0) is 92.1 Å². The topological polar surface area (TPSA) is 9.86 Å². The molecule has 3 aliphatic heterocycles. The number of nitrogens with zero attached hydrogens (tertiary/aromatic N) is 2. The molecule has 0 unspecified atom stereocenters. The average molecular weight is 751 g/mol. The fourth-order valence-corrected chi connectivity index (χ4v) is 14.3. The number of hydrogen-bond donors (Lipinski definition) is 0. The average Bonchev–Trinajstić information content (AvgIpc) is 3.77. The summed E-state index contributed by atoms with van der Waals surface area (Å²) in [5.41, 5.74) is 22.2. The van der Waals surface area contributed by atoms with Crippen LogP contribution in [0, 0.1) is 13.8 Å². The molecule has 2 nitrogen and oxygen atoms in total. The molecule has 0 saturated heterocycles. The molecule has 5 heterocycles. The number of aryl methyl sites for hydroxylation is 1. The maximum absolute atomic E-state index is 2.79. The second kappa shape index (κ2) is 9.77. The van der Waals surface area contributed by atoms with Crippen molar-refractivity contribution in [2.24, 2.45) is 0 Å². The zero-order valence-electron chi connectivity index (χ0n) is 33.4. The molecule has 0 radical (unpaired) electrons. The summed E-state index contributed by atoms with van der Waals surface area (Å²) in [6.45, 7) is 20.0. The van der Waals surface area contributed by atoms with Crippen molar-refractivity contribution in [2.45, 2.75) is 58.5 Å². The van der Waals surface area contributed by atoms with Crippen molar-refractivity contribution in [1.82, 2.24) is 9.13 Å². The molecular formula is C51H43BN2Si2. The molecule has 1 spiro atoms. The van der Waals surface area contributed by atoms with Gasteiger partial charge in [-0.15, -0.1) is 0 Å². The molecular weight excluding hydrogens is 708 g/mol. The maximum Gasteiger partial charge on any atom is 0.253 e. The summed E-state index contributed by atoms with van der Waals surface area (Å²) in [7, 11) is -3.54. The van der Waals surface area contributed by atoms with E-state index in [1.54, 1.807) is 10.4 Å². The molecule has 1 aliphatic carbocycles. The van der Waals surface area contributed by atoms with Gasteiger partial charge in [-0.1, -0.05) is 153 Å². The van der Waals surface area contributed by atoms with E-state index in [1.807, 2.05) is 0 Å². The zero-order valence-corrected chi connectivity index (χ0v) is 35.4. The van der Waals surface area contributed by atoms with Gasteiger partial charge in [-0.25, -0.2) is 0 Å². The summed E-state index contributed by atoms with van der Waals surface area (Å²) in [5, 5.41) is 10.1. The molecule has 0 bridgehead atoms. The van der Waals surface area contributed by atoms with Crippen LogP contribution in [-0.4, -0.2) is 32.0 Å². The Hall–Kier alpha value is -5.36. The number of benzene rings is 7. The van der Waals surface area contributed by atoms with E-state index >= 15 is 0 Å². The van der Waals surface area contributed by atoms with Crippen molar-refractivity contribution >= 4 is 93.1 Å². The summed E-state index contributed by atoms with van der Waals surface area (Å²) in [6, 6.07) is 46.1. The molecule has 13 rings (SSSR count). The molecule has 0 amide bonds. The van der Waals surface area contributed by atoms with Crippen molar-refractivity contribution in [3.05, 3.63) is 149 Å². The monoisotopic (exact) mass is 750 g/mol. The summed E-state index contributed by atoms with van der Waals surface area (Å²) in [5.74, 6) is 0. The molecule has 0 atom stereocenters. The molecule has 2 aromatic heterocycles. The van der Waals surface area contributed by atoms with Crippen LogP contribution >= 0.6 is 0 Å². The number of hydrogen-bond acceptors (Lipinski definition) is 0. The Bertz CT molecular complexity index is 3320. The molecule has 0 N–H and O–H groups in total. The van der Waals surface area contributed by atoms with E-state index < -0.39 is 21.6 Å². The van der Waals surface area contributed by atoms with Gasteiger partial charge in [-0.2, -0.15) is 0 Å². The highest BCUT2D eigenvalue weighted by atomic mass is 28.3. The Kier molecular flexibility index (Phi) is 5.55. The van der Waals surface area contributed by atoms with Crippen molar-refractivity contribution in [2.75, 3.05) is 0 Å². The molecule has 9 aromatic rings. The van der Waals surface area contributed by atoms with Gasteiger partial charge < -0.3 is 9.13 Å². The molecule has 56 heavy (non-hydrogen) atoms. The minimum absolute atomic E-state index is 0.104. The first-order chi connectivity index (χ1) is 26.9. The van der Waals surface area contributed by atoms with Gasteiger partial charge in [0.2, 0.25) is 0 Å². The van der Waals surface area contributed by atoms with E-state index in [0.29, 0.717) is 0 Å². The summed E-state index contributed by atoms with van der Waals surface area (Å²) in [4.78, 5) is 0. The number of aromatic nitrogens is 2. The fourth-order valence-electron chi connectivity index (χ4n) is 12.0. The van der Waals surface area contributed by atoms with E-state index in [4.69, 9.17) is 0 Å².